The summed E-state index contributed by atoms with van der Waals surface area (Å²) < 4.78 is 32.8. The Hall–Kier alpha value is -0.220. The van der Waals surface area contributed by atoms with Crippen molar-refractivity contribution in [3.05, 3.63) is 0 Å². The highest BCUT2D eigenvalue weighted by Crippen LogP contribution is 2.37. The van der Waals surface area contributed by atoms with Gasteiger partial charge in [0.15, 0.2) is 0 Å². The van der Waals surface area contributed by atoms with Crippen molar-refractivity contribution in [2.24, 2.45) is 23.7 Å². The van der Waals surface area contributed by atoms with Gasteiger partial charge in [-0.05, 0) is 37.0 Å². The van der Waals surface area contributed by atoms with Crippen molar-refractivity contribution in [3.8, 4) is 0 Å². The Labute approximate surface area is 115 Å². The van der Waals surface area contributed by atoms with E-state index in [2.05, 4.69) is 12.2 Å². The van der Waals surface area contributed by atoms with Crippen LogP contribution in [0.4, 0.5) is 8.78 Å². The molecular formula is C15H27F2NO. The largest absolute Gasteiger partial charge is 0.381 e. The predicted molar refractivity (Wildman–Crippen MR) is 72.4 cm³/mol. The van der Waals surface area contributed by atoms with Crippen LogP contribution in [0.1, 0.15) is 39.5 Å². The van der Waals surface area contributed by atoms with Crippen molar-refractivity contribution >= 4 is 0 Å². The average molecular weight is 275 g/mol. The van der Waals surface area contributed by atoms with E-state index in [9.17, 15) is 8.78 Å². The van der Waals surface area contributed by atoms with Crippen molar-refractivity contribution in [1.29, 1.82) is 0 Å². The monoisotopic (exact) mass is 275 g/mol. The summed E-state index contributed by atoms with van der Waals surface area (Å²) >= 11 is 0. The summed E-state index contributed by atoms with van der Waals surface area (Å²) in [6, 6.07) is 0. The van der Waals surface area contributed by atoms with Gasteiger partial charge in [-0.2, -0.15) is 0 Å². The van der Waals surface area contributed by atoms with E-state index in [0.29, 0.717) is 18.4 Å². The molecule has 2 fully saturated rings. The first-order chi connectivity index (χ1) is 9.00. The third-order valence-corrected chi connectivity index (χ3v) is 5.03. The molecule has 2 aliphatic heterocycles. The lowest BCUT2D eigenvalue weighted by Crippen LogP contribution is -2.32. The van der Waals surface area contributed by atoms with Gasteiger partial charge in [0, 0.05) is 25.7 Å². The minimum atomic E-state index is -2.52. The lowest BCUT2D eigenvalue weighted by atomic mass is 9.81. The first-order valence-corrected chi connectivity index (χ1v) is 7.67. The van der Waals surface area contributed by atoms with Crippen molar-refractivity contribution < 1.29 is 13.5 Å². The van der Waals surface area contributed by atoms with Crippen LogP contribution in [0, 0.1) is 23.7 Å². The van der Waals surface area contributed by atoms with Crippen molar-refractivity contribution in [1.82, 2.24) is 5.32 Å². The standard InChI is InChI=1S/C15H27F2NO/c1-11(13-4-3-7-19-9-13)5-6-12(2)14-8-18-10-15(14,16)17/h11-14,18H,3-10H2,1-2H3. The van der Waals surface area contributed by atoms with E-state index in [1.807, 2.05) is 6.92 Å². The van der Waals surface area contributed by atoms with Gasteiger partial charge in [0.1, 0.15) is 0 Å². The van der Waals surface area contributed by atoms with E-state index in [4.69, 9.17) is 4.74 Å². The summed E-state index contributed by atoms with van der Waals surface area (Å²) in [4.78, 5) is 0. The number of alkyl halides is 2. The summed E-state index contributed by atoms with van der Waals surface area (Å²) in [5, 5.41) is 2.82. The van der Waals surface area contributed by atoms with Crippen LogP contribution in [-0.2, 0) is 4.74 Å². The van der Waals surface area contributed by atoms with Crippen LogP contribution >= 0.6 is 0 Å². The van der Waals surface area contributed by atoms with E-state index in [-0.39, 0.29) is 12.5 Å². The molecule has 2 saturated heterocycles. The maximum Gasteiger partial charge on any atom is 0.264 e. The maximum atomic E-state index is 13.7. The van der Waals surface area contributed by atoms with Crippen LogP contribution in [-0.4, -0.2) is 32.2 Å². The molecule has 0 aromatic heterocycles. The molecule has 0 aromatic carbocycles. The second-order valence-electron chi connectivity index (χ2n) is 6.51. The Morgan fingerprint density at radius 1 is 1.26 bits per heavy atom. The minimum Gasteiger partial charge on any atom is -0.381 e. The molecule has 19 heavy (non-hydrogen) atoms. The third kappa shape index (κ3) is 3.88. The molecule has 2 aliphatic rings. The zero-order valence-corrected chi connectivity index (χ0v) is 12.1. The summed E-state index contributed by atoms with van der Waals surface area (Å²) in [5.41, 5.74) is 0. The topological polar surface area (TPSA) is 21.3 Å². The second-order valence-corrected chi connectivity index (χ2v) is 6.51. The SMILES string of the molecule is CC(CCC(C)C1CNCC1(F)F)C1CCCOC1. The lowest BCUT2D eigenvalue weighted by molar-refractivity contribution is -0.0431. The summed E-state index contributed by atoms with van der Waals surface area (Å²) in [5.74, 6) is -1.69. The quantitative estimate of drug-likeness (QED) is 0.831. The third-order valence-electron chi connectivity index (χ3n) is 5.03. The molecule has 0 aromatic rings. The number of ether oxygens (including phenoxy) is 1. The van der Waals surface area contributed by atoms with Gasteiger partial charge in [-0.1, -0.05) is 20.3 Å². The highest BCUT2D eigenvalue weighted by atomic mass is 19.3. The van der Waals surface area contributed by atoms with E-state index >= 15 is 0 Å². The Morgan fingerprint density at radius 2 is 2.00 bits per heavy atom. The normalized spacial score (nSPS) is 34.1. The average Bonchev–Trinajstić information content (AvgIpc) is 2.76. The van der Waals surface area contributed by atoms with Gasteiger partial charge in [-0.3, -0.25) is 0 Å². The Morgan fingerprint density at radius 3 is 2.58 bits per heavy atom. The van der Waals surface area contributed by atoms with E-state index in [1.54, 1.807) is 0 Å². The van der Waals surface area contributed by atoms with Gasteiger partial charge in [0.25, 0.3) is 5.92 Å². The van der Waals surface area contributed by atoms with Crippen LogP contribution in [0.5, 0.6) is 0 Å². The first-order valence-electron chi connectivity index (χ1n) is 7.67. The molecule has 0 amide bonds. The highest BCUT2D eigenvalue weighted by Gasteiger charge is 2.46. The van der Waals surface area contributed by atoms with Crippen molar-refractivity contribution in [3.63, 3.8) is 0 Å². The minimum absolute atomic E-state index is 0.0944. The van der Waals surface area contributed by atoms with Gasteiger partial charge in [-0.15, -0.1) is 0 Å². The van der Waals surface area contributed by atoms with Gasteiger partial charge in [0.05, 0.1) is 6.54 Å². The van der Waals surface area contributed by atoms with Gasteiger partial charge < -0.3 is 10.1 Å². The van der Waals surface area contributed by atoms with Crippen molar-refractivity contribution in [2.45, 2.75) is 45.5 Å². The molecule has 0 spiro atoms. The lowest BCUT2D eigenvalue weighted by Gasteiger charge is -2.30. The Balaban J connectivity index is 1.75. The molecule has 0 bridgehead atoms. The summed E-state index contributed by atoms with van der Waals surface area (Å²) in [7, 11) is 0. The van der Waals surface area contributed by atoms with Crippen LogP contribution in [0.3, 0.4) is 0 Å². The van der Waals surface area contributed by atoms with Crippen LogP contribution < -0.4 is 5.32 Å². The molecule has 0 aliphatic carbocycles. The Kier molecular flexibility index (Phi) is 5.18. The molecule has 2 heterocycles. The van der Waals surface area contributed by atoms with Crippen LogP contribution in [0.2, 0.25) is 0 Å². The number of rotatable bonds is 5. The Bertz CT molecular complexity index is 279. The number of nitrogens with one attached hydrogen (secondary N) is 1. The second kappa shape index (κ2) is 6.49. The van der Waals surface area contributed by atoms with Crippen LogP contribution in [0.25, 0.3) is 0 Å². The summed E-state index contributed by atoms with van der Waals surface area (Å²) in [6.45, 7) is 6.30. The van der Waals surface area contributed by atoms with E-state index in [1.165, 1.54) is 6.42 Å². The fourth-order valence-electron chi connectivity index (χ4n) is 3.47. The molecule has 4 unspecified atom stereocenters. The fraction of sp³-hybridized carbons (Fsp3) is 1.00. The summed E-state index contributed by atoms with van der Waals surface area (Å²) in [6.07, 6.45) is 4.33. The number of hydrogen-bond donors (Lipinski definition) is 1. The maximum absolute atomic E-state index is 13.7. The first kappa shape index (κ1) is 15.2. The molecule has 0 radical (unpaired) electrons. The molecule has 0 saturated carbocycles. The molecule has 112 valence electrons. The molecule has 4 heteroatoms. The number of halogens is 2. The fourth-order valence-corrected chi connectivity index (χ4v) is 3.47. The van der Waals surface area contributed by atoms with Crippen LogP contribution in [0.15, 0.2) is 0 Å². The molecule has 2 rings (SSSR count). The van der Waals surface area contributed by atoms with Gasteiger partial charge >= 0.3 is 0 Å². The van der Waals surface area contributed by atoms with E-state index < -0.39 is 11.8 Å². The van der Waals surface area contributed by atoms with Gasteiger partial charge in [0.2, 0.25) is 0 Å². The molecule has 2 nitrogen and oxygen atoms in total. The molecule has 4 atom stereocenters. The molecular weight excluding hydrogens is 248 g/mol. The zero-order valence-electron chi connectivity index (χ0n) is 12.1. The van der Waals surface area contributed by atoms with E-state index in [0.717, 1.165) is 32.5 Å². The smallest absolute Gasteiger partial charge is 0.264 e. The number of hydrogen-bond acceptors (Lipinski definition) is 2. The zero-order chi connectivity index (χ0) is 13.9. The highest BCUT2D eigenvalue weighted by molar-refractivity contribution is 4.90. The van der Waals surface area contributed by atoms with Gasteiger partial charge in [-0.25, -0.2) is 8.78 Å². The molecule has 1 N–H and O–H groups in total. The predicted octanol–water partition coefficient (Wildman–Crippen LogP) is 3.32. The van der Waals surface area contributed by atoms with Crippen molar-refractivity contribution in [2.75, 3.05) is 26.3 Å².